The Kier molecular flexibility index (Phi) is 3.53. The minimum atomic E-state index is 0.606. The molecule has 0 atom stereocenters. The molecule has 1 aliphatic rings. The summed E-state index contributed by atoms with van der Waals surface area (Å²) in [6, 6.07) is 8.61. The lowest BCUT2D eigenvalue weighted by Gasteiger charge is -2.23. The molecule has 0 radical (unpaired) electrons. The maximum absolute atomic E-state index is 5.77. The van der Waals surface area contributed by atoms with Gasteiger partial charge in [-0.25, -0.2) is 0 Å². The van der Waals surface area contributed by atoms with Crippen molar-refractivity contribution >= 4 is 17.3 Å². The molecule has 1 aromatic carbocycles. The van der Waals surface area contributed by atoms with E-state index in [1.54, 1.807) is 0 Å². The molecule has 2 heteroatoms. The average Bonchev–Trinajstić information content (AvgIpc) is 3.10. The number of alkyl halides is 1. The Morgan fingerprint density at radius 2 is 1.93 bits per heavy atom. The minimum absolute atomic E-state index is 0.606. The zero-order valence-electron chi connectivity index (χ0n) is 9.25. The topological polar surface area (TPSA) is 3.24 Å². The van der Waals surface area contributed by atoms with Gasteiger partial charge in [-0.1, -0.05) is 12.1 Å². The summed E-state index contributed by atoms with van der Waals surface area (Å²) in [6.07, 6.45) is 2.83. The number of hydrogen-bond donors (Lipinski definition) is 0. The van der Waals surface area contributed by atoms with Crippen LogP contribution in [0.2, 0.25) is 0 Å². The summed E-state index contributed by atoms with van der Waals surface area (Å²) >= 11 is 5.77. The van der Waals surface area contributed by atoms with Crippen LogP contribution in [0.3, 0.4) is 0 Å². The smallest absolute Gasteiger partial charge is 0.0474 e. The van der Waals surface area contributed by atoms with Gasteiger partial charge in [0.25, 0.3) is 0 Å². The molecule has 15 heavy (non-hydrogen) atoms. The first-order chi connectivity index (χ1) is 7.33. The Hall–Kier alpha value is -0.690. The second kappa shape index (κ2) is 4.89. The van der Waals surface area contributed by atoms with E-state index in [1.807, 2.05) is 0 Å². The highest BCUT2D eigenvalue weighted by molar-refractivity contribution is 6.17. The van der Waals surface area contributed by atoms with E-state index in [1.165, 1.54) is 30.6 Å². The minimum Gasteiger partial charge on any atom is -0.372 e. The molecule has 0 aliphatic heterocycles. The SMILES string of the molecule is CCN(CC1CC1)c1ccc(CCl)cc1. The molecule has 0 amide bonds. The van der Waals surface area contributed by atoms with Gasteiger partial charge >= 0.3 is 0 Å². The van der Waals surface area contributed by atoms with Crippen LogP contribution in [0.5, 0.6) is 0 Å². The van der Waals surface area contributed by atoms with E-state index in [-0.39, 0.29) is 0 Å². The molecule has 0 aromatic heterocycles. The zero-order chi connectivity index (χ0) is 10.7. The van der Waals surface area contributed by atoms with Crippen LogP contribution < -0.4 is 4.90 Å². The molecule has 1 aromatic rings. The number of hydrogen-bond acceptors (Lipinski definition) is 1. The lowest BCUT2D eigenvalue weighted by Crippen LogP contribution is -2.24. The molecule has 2 rings (SSSR count). The summed E-state index contributed by atoms with van der Waals surface area (Å²) in [5.41, 5.74) is 2.53. The number of anilines is 1. The van der Waals surface area contributed by atoms with E-state index in [4.69, 9.17) is 11.6 Å². The predicted molar refractivity (Wildman–Crippen MR) is 66.6 cm³/mol. The molecule has 1 nitrogen and oxygen atoms in total. The van der Waals surface area contributed by atoms with Crippen molar-refractivity contribution in [1.29, 1.82) is 0 Å². The van der Waals surface area contributed by atoms with Crippen molar-refractivity contribution in [2.24, 2.45) is 5.92 Å². The van der Waals surface area contributed by atoms with Gasteiger partial charge < -0.3 is 4.90 Å². The van der Waals surface area contributed by atoms with Gasteiger partial charge in [0.1, 0.15) is 0 Å². The van der Waals surface area contributed by atoms with Gasteiger partial charge in [-0.15, -0.1) is 11.6 Å². The highest BCUT2D eigenvalue weighted by atomic mass is 35.5. The Labute approximate surface area is 97.0 Å². The van der Waals surface area contributed by atoms with Gasteiger partial charge in [0.2, 0.25) is 0 Å². The Morgan fingerprint density at radius 1 is 1.27 bits per heavy atom. The first-order valence-corrected chi connectivity index (χ1v) is 6.26. The van der Waals surface area contributed by atoms with Gasteiger partial charge in [-0.05, 0) is 43.4 Å². The van der Waals surface area contributed by atoms with Gasteiger partial charge in [0.05, 0.1) is 0 Å². The van der Waals surface area contributed by atoms with Crippen molar-refractivity contribution in [3.63, 3.8) is 0 Å². The third kappa shape index (κ3) is 2.88. The summed E-state index contributed by atoms with van der Waals surface area (Å²) in [4.78, 5) is 2.45. The van der Waals surface area contributed by atoms with E-state index in [2.05, 4.69) is 36.1 Å². The third-order valence-electron chi connectivity index (χ3n) is 3.01. The van der Waals surface area contributed by atoms with E-state index in [0.717, 1.165) is 12.5 Å². The zero-order valence-corrected chi connectivity index (χ0v) is 10.0. The average molecular weight is 224 g/mol. The monoisotopic (exact) mass is 223 g/mol. The summed E-state index contributed by atoms with van der Waals surface area (Å²) in [5, 5.41) is 0. The molecule has 0 bridgehead atoms. The van der Waals surface area contributed by atoms with Crippen molar-refractivity contribution < 1.29 is 0 Å². The van der Waals surface area contributed by atoms with Crippen LogP contribution >= 0.6 is 11.6 Å². The maximum Gasteiger partial charge on any atom is 0.0474 e. The molecule has 0 heterocycles. The Balaban J connectivity index is 2.03. The molecule has 0 unspecified atom stereocenters. The molecule has 82 valence electrons. The molecule has 0 N–H and O–H groups in total. The summed E-state index contributed by atoms with van der Waals surface area (Å²) < 4.78 is 0. The highest BCUT2D eigenvalue weighted by Gasteiger charge is 2.23. The first-order valence-electron chi connectivity index (χ1n) is 5.73. The van der Waals surface area contributed by atoms with Gasteiger partial charge in [-0.3, -0.25) is 0 Å². The standard InChI is InChI=1S/C13H18ClN/c1-2-15(10-12-3-4-12)13-7-5-11(9-14)6-8-13/h5-8,12H,2-4,9-10H2,1H3. The van der Waals surface area contributed by atoms with E-state index in [9.17, 15) is 0 Å². The van der Waals surface area contributed by atoms with Crippen LogP contribution in [-0.4, -0.2) is 13.1 Å². The normalized spacial score (nSPS) is 15.3. The Morgan fingerprint density at radius 3 is 2.40 bits per heavy atom. The van der Waals surface area contributed by atoms with Crippen LogP contribution in [0.4, 0.5) is 5.69 Å². The fraction of sp³-hybridized carbons (Fsp3) is 0.538. The van der Waals surface area contributed by atoms with Crippen molar-refractivity contribution in [3.05, 3.63) is 29.8 Å². The second-order valence-corrected chi connectivity index (χ2v) is 4.55. The Bertz CT molecular complexity index is 303. The van der Waals surface area contributed by atoms with Crippen LogP contribution in [0.1, 0.15) is 25.3 Å². The van der Waals surface area contributed by atoms with Crippen molar-refractivity contribution in [2.75, 3.05) is 18.0 Å². The molecule has 0 saturated heterocycles. The number of nitrogens with zero attached hydrogens (tertiary/aromatic N) is 1. The molecule has 1 fully saturated rings. The van der Waals surface area contributed by atoms with Gasteiger partial charge in [0.15, 0.2) is 0 Å². The van der Waals surface area contributed by atoms with Crippen molar-refractivity contribution in [3.8, 4) is 0 Å². The third-order valence-corrected chi connectivity index (χ3v) is 3.32. The molecule has 0 spiro atoms. The summed E-state index contributed by atoms with van der Waals surface area (Å²) in [6.45, 7) is 4.53. The quantitative estimate of drug-likeness (QED) is 0.689. The van der Waals surface area contributed by atoms with E-state index < -0.39 is 0 Å². The summed E-state index contributed by atoms with van der Waals surface area (Å²) in [5.74, 6) is 1.55. The predicted octanol–water partition coefficient (Wildman–Crippen LogP) is 3.66. The fourth-order valence-corrected chi connectivity index (χ4v) is 2.00. The lowest BCUT2D eigenvalue weighted by atomic mass is 10.2. The maximum atomic E-state index is 5.77. The van der Waals surface area contributed by atoms with Crippen LogP contribution in [0, 0.1) is 5.92 Å². The molecular weight excluding hydrogens is 206 g/mol. The molecular formula is C13H18ClN. The molecule has 1 aliphatic carbocycles. The van der Waals surface area contributed by atoms with Crippen LogP contribution in [-0.2, 0) is 5.88 Å². The van der Waals surface area contributed by atoms with E-state index in [0.29, 0.717) is 5.88 Å². The van der Waals surface area contributed by atoms with Crippen molar-refractivity contribution in [1.82, 2.24) is 0 Å². The molecule has 1 saturated carbocycles. The van der Waals surface area contributed by atoms with Crippen LogP contribution in [0.15, 0.2) is 24.3 Å². The number of rotatable bonds is 5. The fourth-order valence-electron chi connectivity index (χ4n) is 1.83. The van der Waals surface area contributed by atoms with Crippen LogP contribution in [0.25, 0.3) is 0 Å². The van der Waals surface area contributed by atoms with Gasteiger partial charge in [-0.2, -0.15) is 0 Å². The van der Waals surface area contributed by atoms with E-state index >= 15 is 0 Å². The second-order valence-electron chi connectivity index (χ2n) is 4.28. The number of benzene rings is 1. The first kappa shape index (κ1) is 10.8. The lowest BCUT2D eigenvalue weighted by molar-refractivity contribution is 0.742. The largest absolute Gasteiger partial charge is 0.372 e. The highest BCUT2D eigenvalue weighted by Crippen LogP contribution is 2.31. The number of halogens is 1. The van der Waals surface area contributed by atoms with Gasteiger partial charge in [0, 0.05) is 24.7 Å². The summed E-state index contributed by atoms with van der Waals surface area (Å²) in [7, 11) is 0. The van der Waals surface area contributed by atoms with Crippen molar-refractivity contribution in [2.45, 2.75) is 25.6 Å².